The normalized spacial score (nSPS) is 51.3. The molecule has 0 aliphatic heterocycles. The molecule has 2 N–H and O–H groups in total. The fourth-order valence-electron chi connectivity index (χ4n) is 7.36. The van der Waals surface area contributed by atoms with Gasteiger partial charge in [-0.3, -0.25) is 9.59 Å². The largest absolute Gasteiger partial charge is 0.393 e. The number of aliphatic hydroxyl groups is 2. The van der Waals surface area contributed by atoms with E-state index in [2.05, 4.69) is 6.92 Å². The summed E-state index contributed by atoms with van der Waals surface area (Å²) in [6.45, 7) is 6.03. The Bertz CT molecular complexity index is 757. The number of fused-ring (bicyclic) bond motifs is 5. The van der Waals surface area contributed by atoms with E-state index in [0.29, 0.717) is 6.42 Å². The highest BCUT2D eigenvalue weighted by Crippen LogP contribution is 2.68. The zero-order valence-electron chi connectivity index (χ0n) is 16.2. The predicted octanol–water partition coefficient (Wildman–Crippen LogP) is 3.05. The SMILES string of the molecule is C[C@@H]1CC2C3CCC4=CC(=O)C=C[C@]4(C)C3[C@H](O)C[C@]2(C)[C@@]1(O)C(=O)CCl. The van der Waals surface area contributed by atoms with Crippen molar-refractivity contribution in [2.45, 2.75) is 58.2 Å². The van der Waals surface area contributed by atoms with Crippen LogP contribution < -0.4 is 0 Å². The van der Waals surface area contributed by atoms with Crippen molar-refractivity contribution < 1.29 is 19.8 Å². The minimum absolute atomic E-state index is 0.000536. The van der Waals surface area contributed by atoms with Crippen molar-refractivity contribution >= 4 is 23.2 Å². The molecule has 3 unspecified atom stereocenters. The summed E-state index contributed by atoms with van der Waals surface area (Å²) in [5, 5.41) is 22.8. The molecule has 5 heteroatoms. The van der Waals surface area contributed by atoms with Gasteiger partial charge < -0.3 is 10.2 Å². The third kappa shape index (κ3) is 2.30. The highest BCUT2D eigenvalue weighted by Gasteiger charge is 2.70. The highest BCUT2D eigenvalue weighted by molar-refractivity contribution is 6.29. The monoisotopic (exact) mass is 392 g/mol. The molecule has 0 saturated heterocycles. The van der Waals surface area contributed by atoms with Gasteiger partial charge in [0.1, 0.15) is 5.60 Å². The Morgan fingerprint density at radius 2 is 2.07 bits per heavy atom. The molecule has 0 radical (unpaired) electrons. The van der Waals surface area contributed by atoms with Gasteiger partial charge in [0.2, 0.25) is 0 Å². The van der Waals surface area contributed by atoms with E-state index < -0.39 is 17.1 Å². The van der Waals surface area contributed by atoms with Crippen molar-refractivity contribution in [3.8, 4) is 0 Å². The van der Waals surface area contributed by atoms with Crippen LogP contribution in [0.2, 0.25) is 0 Å². The molecule has 148 valence electrons. The summed E-state index contributed by atoms with van der Waals surface area (Å²) in [7, 11) is 0. The summed E-state index contributed by atoms with van der Waals surface area (Å²) in [4.78, 5) is 24.5. The van der Waals surface area contributed by atoms with Gasteiger partial charge in [-0.05, 0) is 55.6 Å². The van der Waals surface area contributed by atoms with E-state index in [1.54, 1.807) is 12.2 Å². The van der Waals surface area contributed by atoms with E-state index in [4.69, 9.17) is 11.6 Å². The molecule has 4 aliphatic rings. The first kappa shape index (κ1) is 19.4. The van der Waals surface area contributed by atoms with Crippen LogP contribution in [0.5, 0.6) is 0 Å². The topological polar surface area (TPSA) is 74.6 Å². The second kappa shape index (κ2) is 6.01. The number of carbonyl (C=O) groups is 2. The Morgan fingerprint density at radius 3 is 2.74 bits per heavy atom. The average Bonchev–Trinajstić information content (AvgIpc) is 2.82. The Kier molecular flexibility index (Phi) is 4.31. The third-order valence-corrected chi connectivity index (χ3v) is 8.87. The lowest BCUT2D eigenvalue weighted by Crippen LogP contribution is -2.62. The zero-order chi connectivity index (χ0) is 19.8. The van der Waals surface area contributed by atoms with Crippen molar-refractivity contribution in [2.24, 2.45) is 34.5 Å². The number of aliphatic hydroxyl groups excluding tert-OH is 1. The number of carbonyl (C=O) groups excluding carboxylic acids is 2. The molecule has 4 rings (SSSR count). The van der Waals surface area contributed by atoms with Crippen LogP contribution in [0.4, 0.5) is 0 Å². The molecule has 4 nitrogen and oxygen atoms in total. The van der Waals surface area contributed by atoms with Crippen molar-refractivity contribution in [1.29, 1.82) is 0 Å². The van der Waals surface area contributed by atoms with E-state index in [1.807, 2.05) is 19.9 Å². The van der Waals surface area contributed by atoms with Crippen molar-refractivity contribution in [3.63, 3.8) is 0 Å². The molecule has 0 aromatic heterocycles. The summed E-state index contributed by atoms with van der Waals surface area (Å²) in [6, 6.07) is 0. The molecule has 27 heavy (non-hydrogen) atoms. The minimum atomic E-state index is -1.49. The standard InChI is InChI=1S/C22H29ClO4/c1-12-8-16-15-5-4-13-9-14(24)6-7-20(13,2)19(15)17(25)10-21(16,3)22(12,27)18(26)11-23/h6-7,9,12,15-17,19,25,27H,4-5,8,10-11H2,1-3H3/t12-,15?,16?,17-,19?,20+,21+,22+/m1/s1. The molecular formula is C22H29ClO4. The number of alkyl halides is 1. The van der Waals surface area contributed by atoms with Crippen LogP contribution in [-0.4, -0.2) is 39.4 Å². The third-order valence-electron chi connectivity index (χ3n) is 8.62. The van der Waals surface area contributed by atoms with Crippen LogP contribution in [0.1, 0.15) is 46.5 Å². The van der Waals surface area contributed by atoms with E-state index in [-0.39, 0.29) is 46.5 Å². The predicted molar refractivity (Wildman–Crippen MR) is 103 cm³/mol. The second-order valence-electron chi connectivity index (χ2n) is 9.67. The maximum atomic E-state index is 12.7. The highest BCUT2D eigenvalue weighted by atomic mass is 35.5. The first-order valence-corrected chi connectivity index (χ1v) is 10.6. The lowest BCUT2D eigenvalue weighted by Gasteiger charge is -2.59. The van der Waals surface area contributed by atoms with Gasteiger partial charge in [-0.1, -0.05) is 32.4 Å². The molecule has 0 spiro atoms. The number of Topliss-reactive ketones (excluding diaryl/α,β-unsaturated/α-hetero) is 1. The van der Waals surface area contributed by atoms with E-state index in [9.17, 15) is 19.8 Å². The maximum Gasteiger partial charge on any atom is 0.179 e. The number of hydrogen-bond acceptors (Lipinski definition) is 4. The summed E-state index contributed by atoms with van der Waals surface area (Å²) in [5.74, 6) is -0.326. The molecule has 0 heterocycles. The fourth-order valence-corrected chi connectivity index (χ4v) is 7.56. The molecular weight excluding hydrogens is 364 g/mol. The summed E-state index contributed by atoms with van der Waals surface area (Å²) >= 11 is 5.86. The summed E-state index contributed by atoms with van der Waals surface area (Å²) in [5.41, 5.74) is -1.39. The second-order valence-corrected chi connectivity index (χ2v) is 9.94. The van der Waals surface area contributed by atoms with Gasteiger partial charge in [-0.15, -0.1) is 11.6 Å². The van der Waals surface area contributed by atoms with Gasteiger partial charge >= 0.3 is 0 Å². The number of hydrogen-bond donors (Lipinski definition) is 2. The molecule has 0 amide bonds. The fraction of sp³-hybridized carbons (Fsp3) is 0.727. The van der Waals surface area contributed by atoms with Gasteiger partial charge in [0.15, 0.2) is 11.6 Å². The lowest BCUT2D eigenvalue weighted by molar-refractivity contribution is -0.179. The maximum absolute atomic E-state index is 12.7. The number of allylic oxidation sites excluding steroid dienone is 4. The van der Waals surface area contributed by atoms with Crippen molar-refractivity contribution in [2.75, 3.05) is 5.88 Å². The summed E-state index contributed by atoms with van der Waals surface area (Å²) < 4.78 is 0. The Morgan fingerprint density at radius 1 is 1.37 bits per heavy atom. The molecule has 3 saturated carbocycles. The van der Waals surface area contributed by atoms with Gasteiger partial charge in [0.05, 0.1) is 12.0 Å². The van der Waals surface area contributed by atoms with Crippen LogP contribution in [0.3, 0.4) is 0 Å². The van der Waals surface area contributed by atoms with Crippen LogP contribution in [0, 0.1) is 34.5 Å². The van der Waals surface area contributed by atoms with Crippen LogP contribution in [0.25, 0.3) is 0 Å². The van der Waals surface area contributed by atoms with Gasteiger partial charge in [-0.25, -0.2) is 0 Å². The van der Waals surface area contributed by atoms with Gasteiger partial charge in [0.25, 0.3) is 0 Å². The van der Waals surface area contributed by atoms with Crippen molar-refractivity contribution in [1.82, 2.24) is 0 Å². The molecule has 3 fully saturated rings. The number of halogens is 1. The smallest absolute Gasteiger partial charge is 0.179 e. The number of ketones is 2. The van der Waals surface area contributed by atoms with Crippen LogP contribution in [-0.2, 0) is 9.59 Å². The van der Waals surface area contributed by atoms with E-state index in [0.717, 1.165) is 24.8 Å². The van der Waals surface area contributed by atoms with Crippen LogP contribution in [0.15, 0.2) is 23.8 Å². The van der Waals surface area contributed by atoms with Gasteiger partial charge in [0, 0.05) is 16.7 Å². The van der Waals surface area contributed by atoms with Crippen LogP contribution >= 0.6 is 11.6 Å². The average molecular weight is 393 g/mol. The first-order chi connectivity index (χ1) is 12.6. The Hall–Kier alpha value is -0.970. The minimum Gasteiger partial charge on any atom is -0.393 e. The summed E-state index contributed by atoms with van der Waals surface area (Å²) in [6.07, 6.45) is 7.54. The first-order valence-electron chi connectivity index (χ1n) is 10.0. The molecule has 8 atom stereocenters. The number of rotatable bonds is 2. The lowest BCUT2D eigenvalue weighted by atomic mass is 9.46. The zero-order valence-corrected chi connectivity index (χ0v) is 17.0. The Balaban J connectivity index is 1.78. The van der Waals surface area contributed by atoms with E-state index >= 15 is 0 Å². The molecule has 0 aromatic rings. The molecule has 4 aliphatic carbocycles. The quantitative estimate of drug-likeness (QED) is 0.708. The van der Waals surface area contributed by atoms with E-state index in [1.165, 1.54) is 0 Å². The van der Waals surface area contributed by atoms with Gasteiger partial charge in [-0.2, -0.15) is 0 Å². The Labute approximate surface area is 165 Å². The molecule has 0 aromatic carbocycles. The molecule has 0 bridgehead atoms. The van der Waals surface area contributed by atoms with Crippen molar-refractivity contribution in [3.05, 3.63) is 23.8 Å².